The summed E-state index contributed by atoms with van der Waals surface area (Å²) in [5, 5.41) is 13.0. The number of hydrogen-bond donors (Lipinski definition) is 2. The van der Waals surface area contributed by atoms with Crippen molar-refractivity contribution in [2.45, 2.75) is 6.10 Å². The van der Waals surface area contributed by atoms with E-state index in [9.17, 15) is 13.9 Å². The molecule has 0 bridgehead atoms. The van der Waals surface area contributed by atoms with Crippen molar-refractivity contribution in [3.05, 3.63) is 62.5 Å². The summed E-state index contributed by atoms with van der Waals surface area (Å²) in [5.41, 5.74) is 1.11. The quantitative estimate of drug-likeness (QED) is 0.775. The van der Waals surface area contributed by atoms with Gasteiger partial charge in [0.15, 0.2) is 11.6 Å². The highest BCUT2D eigenvalue weighted by Gasteiger charge is 2.11. The van der Waals surface area contributed by atoms with E-state index in [0.717, 1.165) is 26.8 Å². The van der Waals surface area contributed by atoms with Crippen LogP contribution in [0.1, 0.15) is 11.7 Å². The Balaban J connectivity index is 2.06. The summed E-state index contributed by atoms with van der Waals surface area (Å²) in [7, 11) is 0. The zero-order chi connectivity index (χ0) is 14.7. The first-order valence-electron chi connectivity index (χ1n) is 5.79. The molecular formula is C14H11Br2F2NO. The average molecular weight is 407 g/mol. The smallest absolute Gasteiger partial charge is 0.159 e. The van der Waals surface area contributed by atoms with Crippen LogP contribution in [-0.2, 0) is 0 Å². The summed E-state index contributed by atoms with van der Waals surface area (Å²) in [4.78, 5) is 0. The predicted molar refractivity (Wildman–Crippen MR) is 81.6 cm³/mol. The number of aliphatic hydroxyl groups is 1. The summed E-state index contributed by atoms with van der Waals surface area (Å²) < 4.78 is 27.7. The molecule has 0 radical (unpaired) electrons. The third-order valence-corrected chi connectivity index (χ3v) is 3.93. The highest BCUT2D eigenvalue weighted by Crippen LogP contribution is 2.27. The molecule has 0 amide bonds. The number of rotatable bonds is 4. The van der Waals surface area contributed by atoms with Crippen LogP contribution in [0.25, 0.3) is 0 Å². The summed E-state index contributed by atoms with van der Waals surface area (Å²) in [6.07, 6.45) is -0.934. The second-order valence-corrected chi connectivity index (χ2v) is 5.96. The van der Waals surface area contributed by atoms with Crippen LogP contribution in [0.5, 0.6) is 0 Å². The third-order valence-electron chi connectivity index (χ3n) is 2.74. The molecule has 0 aliphatic carbocycles. The molecule has 20 heavy (non-hydrogen) atoms. The van der Waals surface area contributed by atoms with Crippen molar-refractivity contribution in [1.82, 2.24) is 0 Å². The van der Waals surface area contributed by atoms with Crippen LogP contribution in [0.2, 0.25) is 0 Å². The van der Waals surface area contributed by atoms with Gasteiger partial charge in [-0.25, -0.2) is 8.78 Å². The molecule has 0 aromatic heterocycles. The standard InChI is InChI=1S/C14H11Br2F2NO/c15-9-2-3-10(16)13(6-9)19-7-14(20)8-1-4-11(17)12(18)5-8/h1-6,14,19-20H,7H2. The Morgan fingerprint density at radius 1 is 1.05 bits per heavy atom. The Kier molecular flexibility index (Phi) is 5.12. The minimum atomic E-state index is -0.967. The maximum Gasteiger partial charge on any atom is 0.159 e. The highest BCUT2D eigenvalue weighted by molar-refractivity contribution is 9.11. The van der Waals surface area contributed by atoms with Crippen molar-refractivity contribution in [3.8, 4) is 0 Å². The molecule has 0 heterocycles. The average Bonchev–Trinajstić information content (AvgIpc) is 2.42. The molecular weight excluding hydrogens is 396 g/mol. The monoisotopic (exact) mass is 405 g/mol. The van der Waals surface area contributed by atoms with Gasteiger partial charge in [0.2, 0.25) is 0 Å². The van der Waals surface area contributed by atoms with Crippen LogP contribution in [0.15, 0.2) is 45.3 Å². The minimum Gasteiger partial charge on any atom is -0.387 e. The van der Waals surface area contributed by atoms with E-state index in [1.54, 1.807) is 0 Å². The van der Waals surface area contributed by atoms with Gasteiger partial charge in [-0.15, -0.1) is 0 Å². The second kappa shape index (κ2) is 6.65. The molecule has 106 valence electrons. The molecule has 0 spiro atoms. The number of halogens is 4. The van der Waals surface area contributed by atoms with E-state index < -0.39 is 17.7 Å². The van der Waals surface area contributed by atoms with E-state index in [4.69, 9.17) is 0 Å². The van der Waals surface area contributed by atoms with E-state index >= 15 is 0 Å². The fourth-order valence-corrected chi connectivity index (χ4v) is 2.42. The summed E-state index contributed by atoms with van der Waals surface area (Å²) >= 11 is 6.73. The van der Waals surface area contributed by atoms with Crippen LogP contribution < -0.4 is 5.32 Å². The van der Waals surface area contributed by atoms with Crippen molar-refractivity contribution < 1.29 is 13.9 Å². The van der Waals surface area contributed by atoms with Crippen LogP contribution >= 0.6 is 31.9 Å². The SMILES string of the molecule is OC(CNc1cc(Br)ccc1Br)c1ccc(F)c(F)c1. The normalized spacial score (nSPS) is 12.2. The van der Waals surface area contributed by atoms with Crippen LogP contribution in [-0.4, -0.2) is 11.7 Å². The van der Waals surface area contributed by atoms with Gasteiger partial charge in [-0.3, -0.25) is 0 Å². The van der Waals surface area contributed by atoms with Gasteiger partial charge in [0.25, 0.3) is 0 Å². The largest absolute Gasteiger partial charge is 0.387 e. The van der Waals surface area contributed by atoms with Gasteiger partial charge in [-0.1, -0.05) is 22.0 Å². The topological polar surface area (TPSA) is 32.3 Å². The Morgan fingerprint density at radius 3 is 2.50 bits per heavy atom. The molecule has 0 saturated heterocycles. The molecule has 6 heteroatoms. The number of benzene rings is 2. The first kappa shape index (κ1) is 15.4. The van der Waals surface area contributed by atoms with Crippen molar-refractivity contribution in [2.24, 2.45) is 0 Å². The number of hydrogen-bond acceptors (Lipinski definition) is 2. The fraction of sp³-hybridized carbons (Fsp3) is 0.143. The summed E-state index contributed by atoms with van der Waals surface area (Å²) in [6, 6.07) is 8.95. The Morgan fingerprint density at radius 2 is 1.80 bits per heavy atom. The molecule has 2 aromatic carbocycles. The van der Waals surface area contributed by atoms with Crippen LogP contribution in [0.3, 0.4) is 0 Å². The Hall–Kier alpha value is -0.980. The molecule has 0 aliphatic rings. The molecule has 2 N–H and O–H groups in total. The van der Waals surface area contributed by atoms with E-state index in [-0.39, 0.29) is 6.54 Å². The summed E-state index contributed by atoms with van der Waals surface area (Å²) in [6.45, 7) is 0.181. The first-order chi connectivity index (χ1) is 9.47. The third kappa shape index (κ3) is 3.77. The van der Waals surface area contributed by atoms with Gasteiger partial charge in [0, 0.05) is 21.2 Å². The minimum absolute atomic E-state index is 0.181. The van der Waals surface area contributed by atoms with Crippen molar-refractivity contribution >= 4 is 37.5 Å². The van der Waals surface area contributed by atoms with E-state index in [0.29, 0.717) is 5.56 Å². The van der Waals surface area contributed by atoms with Gasteiger partial charge >= 0.3 is 0 Å². The summed E-state index contributed by atoms with van der Waals surface area (Å²) in [5.74, 6) is -1.89. The molecule has 0 fully saturated rings. The highest BCUT2D eigenvalue weighted by atomic mass is 79.9. The van der Waals surface area contributed by atoms with Gasteiger partial charge < -0.3 is 10.4 Å². The Bertz CT molecular complexity index is 622. The number of aliphatic hydroxyl groups excluding tert-OH is 1. The molecule has 2 aromatic rings. The molecule has 2 nitrogen and oxygen atoms in total. The molecule has 2 rings (SSSR count). The number of anilines is 1. The van der Waals surface area contributed by atoms with E-state index in [2.05, 4.69) is 37.2 Å². The van der Waals surface area contributed by atoms with Gasteiger partial charge in [-0.05, 0) is 51.8 Å². The lowest BCUT2D eigenvalue weighted by atomic mass is 10.1. The lowest BCUT2D eigenvalue weighted by molar-refractivity contribution is 0.191. The van der Waals surface area contributed by atoms with Gasteiger partial charge in [0.1, 0.15) is 0 Å². The molecule has 1 unspecified atom stereocenters. The fourth-order valence-electron chi connectivity index (χ4n) is 1.68. The van der Waals surface area contributed by atoms with Crippen molar-refractivity contribution in [1.29, 1.82) is 0 Å². The zero-order valence-electron chi connectivity index (χ0n) is 10.2. The Labute approximate surface area is 132 Å². The van der Waals surface area contributed by atoms with Gasteiger partial charge in [0.05, 0.1) is 6.10 Å². The lowest BCUT2D eigenvalue weighted by Gasteiger charge is -2.14. The first-order valence-corrected chi connectivity index (χ1v) is 7.38. The zero-order valence-corrected chi connectivity index (χ0v) is 13.4. The lowest BCUT2D eigenvalue weighted by Crippen LogP contribution is -2.12. The van der Waals surface area contributed by atoms with E-state index in [1.807, 2.05) is 18.2 Å². The maximum absolute atomic E-state index is 13.1. The maximum atomic E-state index is 13.1. The number of nitrogens with one attached hydrogen (secondary N) is 1. The molecule has 1 atom stereocenters. The van der Waals surface area contributed by atoms with Crippen LogP contribution in [0.4, 0.5) is 14.5 Å². The van der Waals surface area contributed by atoms with Crippen molar-refractivity contribution in [3.63, 3.8) is 0 Å². The predicted octanol–water partition coefficient (Wildman–Crippen LogP) is 4.64. The second-order valence-electron chi connectivity index (χ2n) is 4.19. The van der Waals surface area contributed by atoms with Gasteiger partial charge in [-0.2, -0.15) is 0 Å². The van der Waals surface area contributed by atoms with E-state index in [1.165, 1.54) is 6.07 Å². The van der Waals surface area contributed by atoms with Crippen molar-refractivity contribution in [2.75, 3.05) is 11.9 Å². The molecule has 0 aliphatic heterocycles. The van der Waals surface area contributed by atoms with Crippen LogP contribution in [0, 0.1) is 11.6 Å². The molecule has 0 saturated carbocycles.